The smallest absolute Gasteiger partial charge is 0.272 e. The maximum Gasteiger partial charge on any atom is 0.272 e. The van der Waals surface area contributed by atoms with Crippen LogP contribution in [-0.2, 0) is 6.42 Å². The summed E-state index contributed by atoms with van der Waals surface area (Å²) in [5, 5.41) is 10.2. The Morgan fingerprint density at radius 3 is 2.61 bits per heavy atom. The van der Waals surface area contributed by atoms with Crippen molar-refractivity contribution in [1.82, 2.24) is 14.9 Å². The van der Waals surface area contributed by atoms with Crippen LogP contribution in [0, 0.1) is 11.8 Å². The molecular formula is C17H26N4O2. The molecule has 1 aromatic rings. The molecule has 23 heavy (non-hydrogen) atoms. The molecule has 2 fully saturated rings. The molecule has 3 rings (SSSR count). The van der Waals surface area contributed by atoms with Gasteiger partial charge in [-0.25, -0.2) is 9.97 Å². The fraction of sp³-hybridized carbons (Fsp3) is 0.706. The number of amides is 1. The summed E-state index contributed by atoms with van der Waals surface area (Å²) in [6.07, 6.45) is 4.32. The number of aliphatic hydroxyl groups is 1. The first-order valence-corrected chi connectivity index (χ1v) is 8.52. The normalized spacial score (nSPS) is 20.8. The summed E-state index contributed by atoms with van der Waals surface area (Å²) in [7, 11) is 0. The van der Waals surface area contributed by atoms with Crippen LogP contribution in [0.2, 0.25) is 0 Å². The number of anilines is 1. The molecule has 1 aliphatic heterocycles. The highest BCUT2D eigenvalue weighted by atomic mass is 16.3. The quantitative estimate of drug-likeness (QED) is 0.880. The summed E-state index contributed by atoms with van der Waals surface area (Å²) in [5.74, 6) is 0.861. The molecule has 2 aliphatic rings. The molecule has 0 aromatic carbocycles. The van der Waals surface area contributed by atoms with Crippen LogP contribution < -0.4 is 5.73 Å². The second kappa shape index (κ2) is 6.07. The average molecular weight is 318 g/mol. The molecule has 1 saturated carbocycles. The van der Waals surface area contributed by atoms with E-state index in [1.165, 1.54) is 0 Å². The van der Waals surface area contributed by atoms with Gasteiger partial charge in [-0.05, 0) is 50.0 Å². The lowest BCUT2D eigenvalue weighted by Gasteiger charge is -2.34. The molecule has 1 aromatic heterocycles. The van der Waals surface area contributed by atoms with Gasteiger partial charge >= 0.3 is 0 Å². The number of nitrogens with zero attached hydrogens (tertiary/aromatic N) is 3. The van der Waals surface area contributed by atoms with Gasteiger partial charge < -0.3 is 15.7 Å². The highest BCUT2D eigenvalue weighted by molar-refractivity contribution is 5.92. The van der Waals surface area contributed by atoms with Gasteiger partial charge in [-0.3, -0.25) is 4.79 Å². The second-order valence-corrected chi connectivity index (χ2v) is 7.37. The van der Waals surface area contributed by atoms with Crippen molar-refractivity contribution in [1.29, 1.82) is 0 Å². The molecular weight excluding hydrogens is 292 g/mol. The predicted molar refractivity (Wildman–Crippen MR) is 87.8 cm³/mol. The molecule has 6 nitrogen and oxygen atoms in total. The molecule has 0 radical (unpaired) electrons. The molecule has 6 heteroatoms. The van der Waals surface area contributed by atoms with Crippen molar-refractivity contribution in [2.24, 2.45) is 11.8 Å². The Balaban J connectivity index is 1.67. The number of hydrogen-bond donors (Lipinski definition) is 2. The zero-order valence-electron chi connectivity index (χ0n) is 14.0. The Hall–Kier alpha value is -1.69. The number of nitrogens with two attached hydrogens (primary N) is 1. The summed E-state index contributed by atoms with van der Waals surface area (Å²) >= 11 is 0. The zero-order chi connectivity index (χ0) is 16.6. The number of nitrogen functional groups attached to an aromatic ring is 1. The summed E-state index contributed by atoms with van der Waals surface area (Å²) < 4.78 is 0. The van der Waals surface area contributed by atoms with Crippen molar-refractivity contribution >= 4 is 11.9 Å². The van der Waals surface area contributed by atoms with Gasteiger partial charge in [-0.15, -0.1) is 0 Å². The summed E-state index contributed by atoms with van der Waals surface area (Å²) in [6, 6.07) is 1.76. The maximum atomic E-state index is 12.7. The van der Waals surface area contributed by atoms with Crippen LogP contribution in [0.3, 0.4) is 0 Å². The Morgan fingerprint density at radius 2 is 2.04 bits per heavy atom. The third-order valence-electron chi connectivity index (χ3n) is 4.94. The largest absolute Gasteiger partial charge is 0.390 e. The van der Waals surface area contributed by atoms with E-state index in [1.807, 2.05) is 4.90 Å². The van der Waals surface area contributed by atoms with E-state index in [9.17, 15) is 9.90 Å². The fourth-order valence-electron chi connectivity index (χ4n) is 3.47. The number of piperidine rings is 1. The third-order valence-corrected chi connectivity index (χ3v) is 4.94. The first-order chi connectivity index (χ1) is 10.9. The van der Waals surface area contributed by atoms with Gasteiger partial charge in [0.25, 0.3) is 5.91 Å². The molecule has 0 atom stereocenters. The van der Waals surface area contributed by atoms with Crippen LogP contribution in [0.4, 0.5) is 5.95 Å². The highest BCUT2D eigenvalue weighted by Crippen LogP contribution is 2.46. The van der Waals surface area contributed by atoms with Gasteiger partial charge in [0.15, 0.2) is 0 Å². The minimum Gasteiger partial charge on any atom is -0.390 e. The second-order valence-electron chi connectivity index (χ2n) is 7.37. The van der Waals surface area contributed by atoms with E-state index in [1.54, 1.807) is 6.07 Å². The minimum absolute atomic E-state index is 0.0784. The standard InChI is InChI=1S/C17H26N4O2/c1-11(2)9-13-10-14(20-16(18)19-13)15(22)21-7-3-12(4-8-21)17(23)5-6-17/h10-12,23H,3-9H2,1-2H3,(H2,18,19,20). The molecule has 2 heterocycles. The van der Waals surface area contributed by atoms with E-state index < -0.39 is 5.60 Å². The van der Waals surface area contributed by atoms with Gasteiger partial charge in [0.05, 0.1) is 5.60 Å². The summed E-state index contributed by atoms with van der Waals surface area (Å²) in [4.78, 5) is 22.8. The predicted octanol–water partition coefficient (Wildman–Crippen LogP) is 1.63. The van der Waals surface area contributed by atoms with E-state index in [0.717, 1.165) is 37.8 Å². The third kappa shape index (κ3) is 3.63. The number of carbonyl (C=O) groups is 1. The number of aromatic nitrogens is 2. The van der Waals surface area contributed by atoms with E-state index >= 15 is 0 Å². The highest BCUT2D eigenvalue weighted by Gasteiger charge is 2.48. The molecule has 1 amide bonds. The molecule has 1 aliphatic carbocycles. The van der Waals surface area contributed by atoms with Crippen LogP contribution in [0.15, 0.2) is 6.07 Å². The lowest BCUT2D eigenvalue weighted by atomic mass is 9.89. The molecule has 3 N–H and O–H groups in total. The molecule has 0 unspecified atom stereocenters. The maximum absolute atomic E-state index is 12.7. The van der Waals surface area contributed by atoms with Crippen molar-refractivity contribution in [2.75, 3.05) is 18.8 Å². The number of rotatable bonds is 4. The van der Waals surface area contributed by atoms with E-state index in [0.29, 0.717) is 30.6 Å². The van der Waals surface area contributed by atoms with Crippen LogP contribution in [-0.4, -0.2) is 44.6 Å². The molecule has 0 bridgehead atoms. The van der Waals surface area contributed by atoms with Gasteiger partial charge in [0, 0.05) is 18.8 Å². The van der Waals surface area contributed by atoms with Gasteiger partial charge in [-0.2, -0.15) is 0 Å². The first-order valence-electron chi connectivity index (χ1n) is 8.52. The van der Waals surface area contributed by atoms with E-state index in [-0.39, 0.29) is 11.9 Å². The average Bonchev–Trinajstić information content (AvgIpc) is 3.24. The van der Waals surface area contributed by atoms with Crippen LogP contribution >= 0.6 is 0 Å². The van der Waals surface area contributed by atoms with E-state index in [2.05, 4.69) is 23.8 Å². The van der Waals surface area contributed by atoms with Crippen molar-refractivity contribution in [2.45, 2.75) is 51.6 Å². The fourth-order valence-corrected chi connectivity index (χ4v) is 3.47. The van der Waals surface area contributed by atoms with E-state index in [4.69, 9.17) is 5.73 Å². The first kappa shape index (κ1) is 16.2. The summed E-state index contributed by atoms with van der Waals surface area (Å²) in [6.45, 7) is 5.56. The molecule has 1 saturated heterocycles. The van der Waals surface area contributed by atoms with Crippen LogP contribution in [0.5, 0.6) is 0 Å². The summed E-state index contributed by atoms with van der Waals surface area (Å²) in [5.41, 5.74) is 6.52. The number of likely N-dealkylation sites (tertiary alicyclic amines) is 1. The number of hydrogen-bond acceptors (Lipinski definition) is 5. The van der Waals surface area contributed by atoms with Crippen LogP contribution in [0.1, 0.15) is 55.7 Å². The van der Waals surface area contributed by atoms with Crippen LogP contribution in [0.25, 0.3) is 0 Å². The Bertz CT molecular complexity index is 590. The molecule has 0 spiro atoms. The van der Waals surface area contributed by atoms with Crippen molar-refractivity contribution in [3.05, 3.63) is 17.5 Å². The van der Waals surface area contributed by atoms with Gasteiger partial charge in [0.2, 0.25) is 5.95 Å². The topological polar surface area (TPSA) is 92.3 Å². The number of carbonyl (C=O) groups excluding carboxylic acids is 1. The Kier molecular flexibility index (Phi) is 4.27. The Morgan fingerprint density at radius 1 is 1.39 bits per heavy atom. The molecule has 126 valence electrons. The van der Waals surface area contributed by atoms with Crippen molar-refractivity contribution in [3.8, 4) is 0 Å². The monoisotopic (exact) mass is 318 g/mol. The zero-order valence-corrected chi connectivity index (χ0v) is 14.0. The van der Waals surface area contributed by atoms with Crippen molar-refractivity contribution < 1.29 is 9.90 Å². The van der Waals surface area contributed by atoms with Crippen molar-refractivity contribution in [3.63, 3.8) is 0 Å². The lowest BCUT2D eigenvalue weighted by molar-refractivity contribution is 0.0338. The van der Waals surface area contributed by atoms with Gasteiger partial charge in [0.1, 0.15) is 5.69 Å². The Labute approximate surface area is 137 Å². The SMILES string of the molecule is CC(C)Cc1cc(C(=O)N2CCC(C3(O)CC3)CC2)nc(N)n1. The van der Waals surface area contributed by atoms with Gasteiger partial charge in [-0.1, -0.05) is 13.8 Å². The lowest BCUT2D eigenvalue weighted by Crippen LogP contribution is -2.42. The minimum atomic E-state index is -0.446.